The summed E-state index contributed by atoms with van der Waals surface area (Å²) in [7, 11) is 0. The van der Waals surface area contributed by atoms with E-state index in [0.29, 0.717) is 19.5 Å². The Bertz CT molecular complexity index is 593. The lowest BCUT2D eigenvalue weighted by Crippen LogP contribution is -2.45. The van der Waals surface area contributed by atoms with Gasteiger partial charge in [-0.1, -0.05) is 12.1 Å². The normalized spacial score (nSPS) is 25.1. The molecule has 2 N–H and O–H groups in total. The number of amides is 2. The SMILES string of the molecule is NCC1CCCN1C(=O)C1CCN(c2ccccc2Br)C1=O. The van der Waals surface area contributed by atoms with Gasteiger partial charge in [-0.15, -0.1) is 0 Å². The van der Waals surface area contributed by atoms with Crippen LogP contribution in [0, 0.1) is 5.92 Å². The Morgan fingerprint density at radius 2 is 2.05 bits per heavy atom. The highest BCUT2D eigenvalue weighted by Gasteiger charge is 2.42. The number of likely N-dealkylation sites (tertiary alicyclic amines) is 1. The zero-order chi connectivity index (χ0) is 15.7. The highest BCUT2D eigenvalue weighted by molar-refractivity contribution is 9.10. The summed E-state index contributed by atoms with van der Waals surface area (Å²) >= 11 is 3.47. The maximum Gasteiger partial charge on any atom is 0.239 e. The number of anilines is 1. The molecule has 22 heavy (non-hydrogen) atoms. The fourth-order valence-corrected chi connectivity index (χ4v) is 3.89. The maximum atomic E-state index is 12.7. The summed E-state index contributed by atoms with van der Waals surface area (Å²) in [5.74, 6) is -0.702. The maximum absolute atomic E-state index is 12.7. The van der Waals surface area contributed by atoms with E-state index in [0.717, 1.165) is 29.5 Å². The Balaban J connectivity index is 1.76. The second-order valence-corrected chi connectivity index (χ2v) is 6.70. The van der Waals surface area contributed by atoms with Gasteiger partial charge in [0.2, 0.25) is 11.8 Å². The molecule has 0 radical (unpaired) electrons. The number of rotatable bonds is 3. The molecule has 0 bridgehead atoms. The van der Waals surface area contributed by atoms with Gasteiger partial charge in [0.25, 0.3) is 0 Å². The minimum atomic E-state index is -0.556. The van der Waals surface area contributed by atoms with E-state index in [4.69, 9.17) is 5.73 Å². The predicted molar refractivity (Wildman–Crippen MR) is 88.4 cm³/mol. The van der Waals surface area contributed by atoms with Crippen LogP contribution in [0.25, 0.3) is 0 Å². The summed E-state index contributed by atoms with van der Waals surface area (Å²) in [6, 6.07) is 7.70. The van der Waals surface area contributed by atoms with Crippen molar-refractivity contribution >= 4 is 33.4 Å². The highest BCUT2D eigenvalue weighted by atomic mass is 79.9. The summed E-state index contributed by atoms with van der Waals surface area (Å²) in [4.78, 5) is 28.9. The van der Waals surface area contributed by atoms with Crippen molar-refractivity contribution in [3.05, 3.63) is 28.7 Å². The predicted octanol–water partition coefficient (Wildman–Crippen LogP) is 1.75. The molecule has 2 aliphatic heterocycles. The molecule has 1 aromatic carbocycles. The molecule has 118 valence electrons. The molecule has 2 heterocycles. The fraction of sp³-hybridized carbons (Fsp3) is 0.500. The number of benzene rings is 1. The number of para-hydroxylation sites is 1. The van der Waals surface area contributed by atoms with Crippen LogP contribution >= 0.6 is 15.9 Å². The molecule has 6 heteroatoms. The quantitative estimate of drug-likeness (QED) is 0.829. The Morgan fingerprint density at radius 3 is 2.77 bits per heavy atom. The van der Waals surface area contributed by atoms with Crippen molar-refractivity contribution in [3.8, 4) is 0 Å². The van der Waals surface area contributed by atoms with E-state index in [9.17, 15) is 9.59 Å². The van der Waals surface area contributed by atoms with Crippen LogP contribution in [0.5, 0.6) is 0 Å². The van der Waals surface area contributed by atoms with Gasteiger partial charge < -0.3 is 15.5 Å². The monoisotopic (exact) mass is 365 g/mol. The van der Waals surface area contributed by atoms with Crippen molar-refractivity contribution in [1.29, 1.82) is 0 Å². The average molecular weight is 366 g/mol. The van der Waals surface area contributed by atoms with Gasteiger partial charge in [0.05, 0.1) is 5.69 Å². The number of carbonyl (C=O) groups is 2. The summed E-state index contributed by atoms with van der Waals surface area (Å²) in [6.45, 7) is 1.78. The molecule has 2 amide bonds. The standard InChI is InChI=1S/C16H20BrN3O2/c17-13-5-1-2-6-14(13)20-9-7-12(16(20)22)15(21)19-8-3-4-11(19)10-18/h1-2,5-6,11-12H,3-4,7-10,18H2. The van der Waals surface area contributed by atoms with Gasteiger partial charge in [-0.05, 0) is 47.3 Å². The van der Waals surface area contributed by atoms with Crippen LogP contribution in [0.4, 0.5) is 5.69 Å². The molecular weight excluding hydrogens is 346 g/mol. The van der Waals surface area contributed by atoms with E-state index in [-0.39, 0.29) is 17.9 Å². The van der Waals surface area contributed by atoms with Crippen molar-refractivity contribution in [1.82, 2.24) is 4.90 Å². The second kappa shape index (κ2) is 6.38. The van der Waals surface area contributed by atoms with E-state index in [1.807, 2.05) is 29.2 Å². The van der Waals surface area contributed by atoms with Crippen molar-refractivity contribution < 1.29 is 9.59 Å². The lowest BCUT2D eigenvalue weighted by Gasteiger charge is -2.26. The molecule has 2 atom stereocenters. The Kier molecular flexibility index (Phi) is 4.49. The van der Waals surface area contributed by atoms with Gasteiger partial charge in [0.15, 0.2) is 0 Å². The first kappa shape index (κ1) is 15.5. The molecule has 2 unspecified atom stereocenters. The van der Waals surface area contributed by atoms with Crippen molar-refractivity contribution in [2.24, 2.45) is 11.7 Å². The van der Waals surface area contributed by atoms with E-state index in [1.54, 1.807) is 4.90 Å². The van der Waals surface area contributed by atoms with Crippen molar-refractivity contribution in [3.63, 3.8) is 0 Å². The molecule has 2 saturated heterocycles. The minimum Gasteiger partial charge on any atom is -0.338 e. The fourth-order valence-electron chi connectivity index (χ4n) is 3.39. The molecule has 0 saturated carbocycles. The largest absolute Gasteiger partial charge is 0.338 e. The third-order valence-electron chi connectivity index (χ3n) is 4.58. The van der Waals surface area contributed by atoms with Crippen LogP contribution in [0.15, 0.2) is 28.7 Å². The van der Waals surface area contributed by atoms with Crippen molar-refractivity contribution in [2.75, 3.05) is 24.5 Å². The number of carbonyl (C=O) groups excluding carboxylic acids is 2. The molecule has 0 aliphatic carbocycles. The molecule has 3 rings (SSSR count). The zero-order valence-corrected chi connectivity index (χ0v) is 14.0. The number of halogens is 1. The molecule has 0 aromatic heterocycles. The van der Waals surface area contributed by atoms with Gasteiger partial charge in [-0.3, -0.25) is 9.59 Å². The van der Waals surface area contributed by atoms with Crippen LogP contribution in [0.1, 0.15) is 19.3 Å². The van der Waals surface area contributed by atoms with Crippen LogP contribution in [0.2, 0.25) is 0 Å². The summed E-state index contributed by atoms with van der Waals surface area (Å²) in [5.41, 5.74) is 6.57. The first-order valence-corrected chi connectivity index (χ1v) is 8.49. The van der Waals surface area contributed by atoms with E-state index >= 15 is 0 Å². The van der Waals surface area contributed by atoms with Gasteiger partial charge in [-0.2, -0.15) is 0 Å². The average Bonchev–Trinajstić information content (AvgIpc) is 3.14. The van der Waals surface area contributed by atoms with Gasteiger partial charge in [0.1, 0.15) is 5.92 Å². The van der Waals surface area contributed by atoms with Crippen LogP contribution in [0.3, 0.4) is 0 Å². The highest BCUT2D eigenvalue weighted by Crippen LogP contribution is 2.33. The van der Waals surface area contributed by atoms with Gasteiger partial charge in [0, 0.05) is 30.1 Å². The van der Waals surface area contributed by atoms with Gasteiger partial charge in [-0.25, -0.2) is 0 Å². The molecular formula is C16H20BrN3O2. The Hall–Kier alpha value is -1.40. The summed E-state index contributed by atoms with van der Waals surface area (Å²) in [6.07, 6.45) is 2.49. The summed E-state index contributed by atoms with van der Waals surface area (Å²) in [5, 5.41) is 0. The van der Waals surface area contributed by atoms with E-state index < -0.39 is 5.92 Å². The van der Waals surface area contributed by atoms with Crippen LogP contribution in [-0.2, 0) is 9.59 Å². The topological polar surface area (TPSA) is 66.6 Å². The van der Waals surface area contributed by atoms with Crippen LogP contribution < -0.4 is 10.6 Å². The van der Waals surface area contributed by atoms with Crippen LogP contribution in [-0.4, -0.2) is 42.4 Å². The molecule has 2 fully saturated rings. The Morgan fingerprint density at radius 1 is 1.27 bits per heavy atom. The number of nitrogens with zero attached hydrogens (tertiary/aromatic N) is 2. The number of nitrogens with two attached hydrogens (primary N) is 1. The smallest absolute Gasteiger partial charge is 0.239 e. The first-order chi connectivity index (χ1) is 10.6. The lowest BCUT2D eigenvalue weighted by atomic mass is 10.1. The lowest BCUT2D eigenvalue weighted by molar-refractivity contribution is -0.140. The number of hydrogen-bond acceptors (Lipinski definition) is 3. The third kappa shape index (κ3) is 2.65. The third-order valence-corrected chi connectivity index (χ3v) is 5.25. The molecule has 0 spiro atoms. The Labute approximate surface area is 138 Å². The second-order valence-electron chi connectivity index (χ2n) is 5.85. The molecule has 1 aromatic rings. The van der Waals surface area contributed by atoms with E-state index in [2.05, 4.69) is 15.9 Å². The zero-order valence-electron chi connectivity index (χ0n) is 12.4. The first-order valence-electron chi connectivity index (χ1n) is 7.70. The molecule has 2 aliphatic rings. The minimum absolute atomic E-state index is 0.0486. The van der Waals surface area contributed by atoms with E-state index in [1.165, 1.54) is 0 Å². The molecule has 5 nitrogen and oxygen atoms in total. The van der Waals surface area contributed by atoms with Gasteiger partial charge >= 0.3 is 0 Å². The van der Waals surface area contributed by atoms with Crippen molar-refractivity contribution in [2.45, 2.75) is 25.3 Å². The summed E-state index contributed by atoms with van der Waals surface area (Å²) < 4.78 is 0.873. The number of hydrogen-bond donors (Lipinski definition) is 1.